The molecule has 0 spiro atoms. The molecule has 0 saturated heterocycles. The fourth-order valence-electron chi connectivity index (χ4n) is 1.93. The number of pyridine rings is 1. The van der Waals surface area contributed by atoms with Crippen LogP contribution < -0.4 is 11.1 Å². The molecule has 0 unspecified atom stereocenters. The molecule has 9 heteroatoms. The zero-order chi connectivity index (χ0) is 17.6. The third-order valence-corrected chi connectivity index (χ3v) is 4.69. The van der Waals surface area contributed by atoms with Crippen molar-refractivity contribution in [2.75, 3.05) is 5.32 Å². The monoisotopic (exact) mass is 363 g/mol. The molecule has 7 nitrogen and oxygen atoms in total. The average molecular weight is 363 g/mol. The van der Waals surface area contributed by atoms with E-state index in [2.05, 4.69) is 15.3 Å². The number of nitrogens with two attached hydrogens (primary N) is 1. The fourth-order valence-corrected chi connectivity index (χ4v) is 3.20. The van der Waals surface area contributed by atoms with Gasteiger partial charge in [-0.2, -0.15) is 5.26 Å². The summed E-state index contributed by atoms with van der Waals surface area (Å²) in [5.74, 6) is 0.675. The second-order valence-corrected chi connectivity index (χ2v) is 7.65. The molecule has 24 heavy (non-hydrogen) atoms. The lowest BCUT2D eigenvalue weighted by Gasteiger charge is -2.23. The standard InChI is InChI=1S/C15H17N5O2S2/c1-15(2,22-13(17)21)6-5-10-3-4-11(18-7-10)20-14-19-8-12(24-14)23-9-16/h3-4,7-8H,5-6H2,1-2H3,(H2,17,21)(H,18,19,20). The Hall–Kier alpha value is -2.31. The number of primary amides is 1. The highest BCUT2D eigenvalue weighted by Gasteiger charge is 2.21. The second-order valence-electron chi connectivity index (χ2n) is 5.54. The van der Waals surface area contributed by atoms with Crippen LogP contribution in [0.4, 0.5) is 15.7 Å². The Morgan fingerprint density at radius 2 is 2.25 bits per heavy atom. The second kappa shape index (κ2) is 7.99. The molecule has 0 aliphatic rings. The molecule has 2 rings (SSSR count). The number of nitriles is 1. The lowest BCUT2D eigenvalue weighted by Crippen LogP contribution is -2.31. The van der Waals surface area contributed by atoms with Crippen LogP contribution in [0.1, 0.15) is 25.8 Å². The third-order valence-electron chi connectivity index (χ3n) is 3.08. The Bertz CT molecular complexity index is 737. The summed E-state index contributed by atoms with van der Waals surface area (Å²) in [5, 5.41) is 14.4. The normalized spacial score (nSPS) is 10.9. The fraction of sp³-hybridized carbons (Fsp3) is 0.333. The number of amides is 1. The minimum absolute atomic E-state index is 0.613. The number of nitrogens with one attached hydrogen (secondary N) is 1. The molecule has 126 valence electrons. The molecule has 0 bridgehead atoms. The van der Waals surface area contributed by atoms with E-state index in [1.54, 1.807) is 12.4 Å². The van der Waals surface area contributed by atoms with Gasteiger partial charge in [-0.25, -0.2) is 14.8 Å². The van der Waals surface area contributed by atoms with Crippen molar-refractivity contribution < 1.29 is 9.53 Å². The maximum Gasteiger partial charge on any atom is 0.405 e. The minimum Gasteiger partial charge on any atom is -0.444 e. The van der Waals surface area contributed by atoms with E-state index < -0.39 is 11.7 Å². The number of carbonyl (C=O) groups excluding carboxylic acids is 1. The van der Waals surface area contributed by atoms with Gasteiger partial charge in [-0.1, -0.05) is 17.4 Å². The molecule has 2 aromatic heterocycles. The van der Waals surface area contributed by atoms with Crippen LogP contribution >= 0.6 is 23.1 Å². The Balaban J connectivity index is 1.90. The number of hydrogen-bond acceptors (Lipinski definition) is 8. The van der Waals surface area contributed by atoms with E-state index in [0.717, 1.165) is 21.5 Å². The maximum atomic E-state index is 10.8. The number of ether oxygens (including phenoxy) is 1. The van der Waals surface area contributed by atoms with E-state index in [1.807, 2.05) is 31.4 Å². The van der Waals surface area contributed by atoms with Gasteiger partial charge in [0.15, 0.2) is 5.13 Å². The van der Waals surface area contributed by atoms with Crippen LogP contribution in [0, 0.1) is 10.7 Å². The Labute approximate surface area is 148 Å². The highest BCUT2D eigenvalue weighted by atomic mass is 32.2. The summed E-state index contributed by atoms with van der Waals surface area (Å²) in [6.45, 7) is 3.64. The number of thioether (sulfide) groups is 1. The van der Waals surface area contributed by atoms with Crippen LogP contribution in [0.2, 0.25) is 0 Å². The van der Waals surface area contributed by atoms with Crippen LogP contribution in [0.15, 0.2) is 28.7 Å². The Kier molecular flexibility index (Phi) is 6.00. The van der Waals surface area contributed by atoms with Crippen molar-refractivity contribution in [2.45, 2.75) is 36.5 Å². The number of thiazole rings is 1. The number of rotatable bonds is 7. The number of thiocyanates is 1. The van der Waals surface area contributed by atoms with Gasteiger partial charge in [-0.15, -0.1) is 0 Å². The first-order valence-corrected chi connectivity index (χ1v) is 8.73. The SMILES string of the molecule is CC(C)(CCc1ccc(Nc2ncc(SC#N)s2)nc1)OC(N)=O. The van der Waals surface area contributed by atoms with E-state index >= 15 is 0 Å². The lowest BCUT2D eigenvalue weighted by molar-refractivity contribution is 0.0394. The van der Waals surface area contributed by atoms with Crippen molar-refractivity contribution in [2.24, 2.45) is 5.73 Å². The predicted octanol–water partition coefficient (Wildman–Crippen LogP) is 3.66. The lowest BCUT2D eigenvalue weighted by atomic mass is 9.99. The van der Waals surface area contributed by atoms with Crippen LogP contribution in [-0.4, -0.2) is 21.7 Å². The van der Waals surface area contributed by atoms with Crippen molar-refractivity contribution in [3.63, 3.8) is 0 Å². The first-order valence-electron chi connectivity index (χ1n) is 7.10. The van der Waals surface area contributed by atoms with Crippen LogP contribution in [0.3, 0.4) is 0 Å². The zero-order valence-corrected chi connectivity index (χ0v) is 14.9. The van der Waals surface area contributed by atoms with E-state index in [-0.39, 0.29) is 0 Å². The highest BCUT2D eigenvalue weighted by Crippen LogP contribution is 2.29. The summed E-state index contributed by atoms with van der Waals surface area (Å²) < 4.78 is 5.89. The van der Waals surface area contributed by atoms with Crippen molar-refractivity contribution in [1.82, 2.24) is 9.97 Å². The summed E-state index contributed by atoms with van der Waals surface area (Å²) in [7, 11) is 0. The molecule has 0 aromatic carbocycles. The Morgan fingerprint density at radius 3 is 2.88 bits per heavy atom. The van der Waals surface area contributed by atoms with Gasteiger partial charge in [0, 0.05) is 18.0 Å². The molecule has 1 amide bonds. The van der Waals surface area contributed by atoms with Crippen LogP contribution in [0.5, 0.6) is 0 Å². The number of aromatic nitrogens is 2. The summed E-state index contributed by atoms with van der Waals surface area (Å²) in [6.07, 6.45) is 4.01. The maximum absolute atomic E-state index is 10.8. The number of hydrogen-bond donors (Lipinski definition) is 2. The van der Waals surface area contributed by atoms with Gasteiger partial charge in [0.05, 0.1) is 10.4 Å². The summed E-state index contributed by atoms with van der Waals surface area (Å²) in [5.41, 5.74) is 5.47. The van der Waals surface area contributed by atoms with Gasteiger partial charge in [-0.05, 0) is 38.3 Å². The quantitative estimate of drug-likeness (QED) is 0.570. The van der Waals surface area contributed by atoms with Gasteiger partial charge >= 0.3 is 6.09 Å². The predicted molar refractivity (Wildman–Crippen MR) is 94.2 cm³/mol. The number of anilines is 2. The molecule has 0 aliphatic carbocycles. The number of nitrogens with zero attached hydrogens (tertiary/aromatic N) is 3. The van der Waals surface area contributed by atoms with Crippen molar-refractivity contribution >= 4 is 40.1 Å². The van der Waals surface area contributed by atoms with Gasteiger partial charge in [0.1, 0.15) is 16.8 Å². The molecule has 0 atom stereocenters. The van der Waals surface area contributed by atoms with Gasteiger partial charge in [0.25, 0.3) is 0 Å². The van der Waals surface area contributed by atoms with E-state index in [9.17, 15) is 4.79 Å². The van der Waals surface area contributed by atoms with Crippen LogP contribution in [0.25, 0.3) is 0 Å². The van der Waals surface area contributed by atoms with Crippen LogP contribution in [-0.2, 0) is 11.2 Å². The number of carbonyl (C=O) groups is 1. The van der Waals surface area contributed by atoms with E-state index in [0.29, 0.717) is 23.8 Å². The van der Waals surface area contributed by atoms with Gasteiger partial charge < -0.3 is 15.8 Å². The first kappa shape index (κ1) is 18.0. The van der Waals surface area contributed by atoms with Crippen molar-refractivity contribution in [3.8, 4) is 5.40 Å². The zero-order valence-electron chi connectivity index (χ0n) is 13.3. The smallest absolute Gasteiger partial charge is 0.405 e. The topological polar surface area (TPSA) is 114 Å². The molecular formula is C15H17N5O2S2. The van der Waals surface area contributed by atoms with Crippen molar-refractivity contribution in [3.05, 3.63) is 30.1 Å². The van der Waals surface area contributed by atoms with Crippen molar-refractivity contribution in [1.29, 1.82) is 5.26 Å². The summed E-state index contributed by atoms with van der Waals surface area (Å²) in [4.78, 5) is 19.4. The molecule has 0 fully saturated rings. The number of aryl methyl sites for hydroxylation is 1. The molecular weight excluding hydrogens is 346 g/mol. The molecule has 0 saturated carbocycles. The van der Waals surface area contributed by atoms with E-state index in [1.165, 1.54) is 11.3 Å². The Morgan fingerprint density at radius 1 is 1.46 bits per heavy atom. The molecule has 0 aliphatic heterocycles. The largest absolute Gasteiger partial charge is 0.444 e. The van der Waals surface area contributed by atoms with E-state index in [4.69, 9.17) is 15.7 Å². The molecule has 0 radical (unpaired) electrons. The summed E-state index contributed by atoms with van der Waals surface area (Å²) >= 11 is 2.47. The highest BCUT2D eigenvalue weighted by molar-refractivity contribution is 8.05. The molecule has 3 N–H and O–H groups in total. The minimum atomic E-state index is -0.768. The summed E-state index contributed by atoms with van der Waals surface area (Å²) in [6, 6.07) is 3.81. The molecule has 2 heterocycles. The molecule has 2 aromatic rings. The third kappa shape index (κ3) is 5.72. The van der Waals surface area contributed by atoms with Gasteiger partial charge in [0.2, 0.25) is 0 Å². The first-order chi connectivity index (χ1) is 11.4. The average Bonchev–Trinajstić information content (AvgIpc) is 2.93. The van der Waals surface area contributed by atoms with Gasteiger partial charge in [-0.3, -0.25) is 0 Å².